The second-order valence-corrected chi connectivity index (χ2v) is 6.53. The van der Waals surface area contributed by atoms with Crippen molar-refractivity contribution in [3.63, 3.8) is 0 Å². The summed E-state index contributed by atoms with van der Waals surface area (Å²) in [5, 5.41) is 10.6. The van der Waals surface area contributed by atoms with Gasteiger partial charge in [-0.05, 0) is 39.5 Å². The highest BCUT2D eigenvalue weighted by molar-refractivity contribution is 5.75. The Bertz CT molecular complexity index is 421. The number of aliphatic hydroxyl groups is 1. The van der Waals surface area contributed by atoms with Crippen molar-refractivity contribution in [2.45, 2.75) is 58.2 Å². The number of carbonyl (C=O) groups is 1. The number of carbonyl (C=O) groups excluding carboxylic acids is 1. The number of ether oxygens (including phenoxy) is 1. The zero-order valence-electron chi connectivity index (χ0n) is 11.4. The predicted octanol–water partition coefficient (Wildman–Crippen LogP) is 2.44. The molecule has 18 heavy (non-hydrogen) atoms. The van der Waals surface area contributed by atoms with E-state index in [4.69, 9.17) is 4.74 Å². The Balaban J connectivity index is 2.04. The van der Waals surface area contributed by atoms with Crippen LogP contribution in [0.15, 0.2) is 11.1 Å². The molecule has 1 heterocycles. The van der Waals surface area contributed by atoms with E-state index in [-0.39, 0.29) is 29.8 Å². The molecular formula is C15H22O3. The summed E-state index contributed by atoms with van der Waals surface area (Å²) in [6, 6.07) is 0. The van der Waals surface area contributed by atoms with Crippen LogP contribution in [0, 0.1) is 17.8 Å². The highest BCUT2D eigenvalue weighted by Crippen LogP contribution is 2.52. The van der Waals surface area contributed by atoms with Gasteiger partial charge in [-0.15, -0.1) is 0 Å². The zero-order valence-corrected chi connectivity index (χ0v) is 11.4. The van der Waals surface area contributed by atoms with Crippen LogP contribution in [-0.4, -0.2) is 22.8 Å². The van der Waals surface area contributed by atoms with Crippen molar-refractivity contribution >= 4 is 5.97 Å². The Hall–Kier alpha value is -0.830. The van der Waals surface area contributed by atoms with Gasteiger partial charge in [0.25, 0.3) is 0 Å². The van der Waals surface area contributed by atoms with Crippen LogP contribution < -0.4 is 0 Å². The molecule has 2 fully saturated rings. The van der Waals surface area contributed by atoms with E-state index in [2.05, 4.69) is 6.92 Å². The van der Waals surface area contributed by atoms with E-state index in [0.717, 1.165) is 25.7 Å². The lowest BCUT2D eigenvalue weighted by atomic mass is 9.78. The smallest absolute Gasteiger partial charge is 0.309 e. The average Bonchev–Trinajstić information content (AvgIpc) is 2.69. The Morgan fingerprint density at radius 1 is 1.39 bits per heavy atom. The van der Waals surface area contributed by atoms with E-state index in [1.165, 1.54) is 11.1 Å². The van der Waals surface area contributed by atoms with E-state index in [1.807, 2.05) is 13.8 Å². The molecule has 1 aliphatic heterocycles. The molecule has 0 radical (unpaired) electrons. The van der Waals surface area contributed by atoms with Crippen molar-refractivity contribution < 1.29 is 14.6 Å². The molecule has 0 aromatic carbocycles. The molecule has 1 saturated carbocycles. The van der Waals surface area contributed by atoms with Crippen LogP contribution in [0.5, 0.6) is 0 Å². The molecule has 0 unspecified atom stereocenters. The Kier molecular flexibility index (Phi) is 2.60. The van der Waals surface area contributed by atoms with Crippen LogP contribution in [0.1, 0.15) is 46.5 Å². The maximum atomic E-state index is 11.8. The van der Waals surface area contributed by atoms with Gasteiger partial charge in [-0.2, -0.15) is 0 Å². The van der Waals surface area contributed by atoms with Crippen LogP contribution in [0.4, 0.5) is 0 Å². The first-order chi connectivity index (χ1) is 8.42. The molecule has 3 aliphatic rings. The molecular weight excluding hydrogens is 228 g/mol. The molecule has 0 bridgehead atoms. The minimum absolute atomic E-state index is 0.0152. The van der Waals surface area contributed by atoms with E-state index < -0.39 is 5.60 Å². The van der Waals surface area contributed by atoms with Crippen LogP contribution in [0.25, 0.3) is 0 Å². The summed E-state index contributed by atoms with van der Waals surface area (Å²) in [7, 11) is 0. The number of hydrogen-bond acceptors (Lipinski definition) is 3. The fourth-order valence-corrected chi connectivity index (χ4v) is 4.17. The standard InChI is InChI=1S/C15H22O3/c1-8-4-5-11-9(2)14(16)18-13(11)12-10(8)6-7-15(12,3)17/h9,11-13,17H,4-7H2,1-3H3/t9-,11+,12+,13+,15+/m1/s1. The first-order valence-electron chi connectivity index (χ1n) is 7.03. The summed E-state index contributed by atoms with van der Waals surface area (Å²) in [5.74, 6) is 0.212. The molecule has 3 rings (SSSR count). The summed E-state index contributed by atoms with van der Waals surface area (Å²) >= 11 is 0. The maximum absolute atomic E-state index is 11.8. The fourth-order valence-electron chi connectivity index (χ4n) is 4.17. The summed E-state index contributed by atoms with van der Waals surface area (Å²) in [6.45, 7) is 6.05. The monoisotopic (exact) mass is 250 g/mol. The van der Waals surface area contributed by atoms with Gasteiger partial charge in [0.05, 0.1) is 11.5 Å². The Morgan fingerprint density at radius 3 is 2.83 bits per heavy atom. The molecule has 0 spiro atoms. The number of rotatable bonds is 0. The van der Waals surface area contributed by atoms with Gasteiger partial charge in [-0.25, -0.2) is 0 Å². The summed E-state index contributed by atoms with van der Waals surface area (Å²) in [5.41, 5.74) is 2.05. The van der Waals surface area contributed by atoms with Gasteiger partial charge in [0, 0.05) is 11.8 Å². The normalized spacial score (nSPS) is 47.7. The third kappa shape index (κ3) is 1.56. The van der Waals surface area contributed by atoms with E-state index >= 15 is 0 Å². The highest BCUT2D eigenvalue weighted by atomic mass is 16.6. The van der Waals surface area contributed by atoms with Gasteiger partial charge in [0.1, 0.15) is 6.10 Å². The minimum Gasteiger partial charge on any atom is -0.461 e. The largest absolute Gasteiger partial charge is 0.461 e. The zero-order chi connectivity index (χ0) is 13.1. The maximum Gasteiger partial charge on any atom is 0.309 e. The average molecular weight is 250 g/mol. The lowest BCUT2D eigenvalue weighted by molar-refractivity contribution is -0.147. The predicted molar refractivity (Wildman–Crippen MR) is 67.8 cm³/mol. The second-order valence-electron chi connectivity index (χ2n) is 6.53. The molecule has 3 heteroatoms. The molecule has 2 aliphatic carbocycles. The van der Waals surface area contributed by atoms with Crippen molar-refractivity contribution in [3.05, 3.63) is 11.1 Å². The Morgan fingerprint density at radius 2 is 2.11 bits per heavy atom. The van der Waals surface area contributed by atoms with Crippen LogP contribution >= 0.6 is 0 Å². The van der Waals surface area contributed by atoms with Crippen molar-refractivity contribution in [2.75, 3.05) is 0 Å². The quantitative estimate of drug-likeness (QED) is 0.530. The lowest BCUT2D eigenvalue weighted by Crippen LogP contribution is -2.40. The summed E-state index contributed by atoms with van der Waals surface area (Å²) in [4.78, 5) is 11.8. The van der Waals surface area contributed by atoms with Crippen molar-refractivity contribution in [2.24, 2.45) is 17.8 Å². The summed E-state index contributed by atoms with van der Waals surface area (Å²) in [6.07, 6.45) is 3.71. The van der Waals surface area contributed by atoms with Crippen LogP contribution in [0.3, 0.4) is 0 Å². The number of allylic oxidation sites excluding steroid dienone is 1. The minimum atomic E-state index is -0.714. The van der Waals surface area contributed by atoms with Gasteiger partial charge in [0.15, 0.2) is 0 Å². The van der Waals surface area contributed by atoms with Crippen molar-refractivity contribution in [1.82, 2.24) is 0 Å². The van der Waals surface area contributed by atoms with Gasteiger partial charge < -0.3 is 9.84 Å². The van der Waals surface area contributed by atoms with Crippen LogP contribution in [0.2, 0.25) is 0 Å². The molecule has 3 nitrogen and oxygen atoms in total. The highest BCUT2D eigenvalue weighted by Gasteiger charge is 2.55. The SMILES string of the molecule is CC1=C2CC[C@](C)(O)[C@@H]2[C@H]2OC(=O)[C@H](C)[C@@H]2CC1. The molecule has 1 saturated heterocycles. The summed E-state index contributed by atoms with van der Waals surface area (Å²) < 4.78 is 5.62. The molecule has 5 atom stereocenters. The number of esters is 1. The first kappa shape index (κ1) is 12.2. The third-order valence-electron chi connectivity index (χ3n) is 5.36. The van der Waals surface area contributed by atoms with E-state index in [1.54, 1.807) is 0 Å². The molecule has 1 N–H and O–H groups in total. The van der Waals surface area contributed by atoms with Gasteiger partial charge >= 0.3 is 5.97 Å². The topological polar surface area (TPSA) is 46.5 Å². The number of fused-ring (bicyclic) bond motifs is 3. The van der Waals surface area contributed by atoms with E-state index in [0.29, 0.717) is 0 Å². The van der Waals surface area contributed by atoms with Gasteiger partial charge in [-0.3, -0.25) is 4.79 Å². The molecule has 0 aromatic rings. The third-order valence-corrected chi connectivity index (χ3v) is 5.36. The fraction of sp³-hybridized carbons (Fsp3) is 0.800. The molecule has 0 amide bonds. The molecule has 100 valence electrons. The number of hydrogen-bond donors (Lipinski definition) is 1. The molecule has 0 aromatic heterocycles. The van der Waals surface area contributed by atoms with Crippen molar-refractivity contribution in [3.8, 4) is 0 Å². The Labute approximate surface area is 108 Å². The van der Waals surface area contributed by atoms with Gasteiger partial charge in [-0.1, -0.05) is 18.1 Å². The van der Waals surface area contributed by atoms with Gasteiger partial charge in [0.2, 0.25) is 0 Å². The second kappa shape index (κ2) is 3.83. The lowest BCUT2D eigenvalue weighted by Gasteiger charge is -2.32. The van der Waals surface area contributed by atoms with Crippen molar-refractivity contribution in [1.29, 1.82) is 0 Å². The first-order valence-corrected chi connectivity index (χ1v) is 7.03. The van der Waals surface area contributed by atoms with Crippen LogP contribution in [-0.2, 0) is 9.53 Å². The van der Waals surface area contributed by atoms with E-state index in [9.17, 15) is 9.90 Å².